The summed E-state index contributed by atoms with van der Waals surface area (Å²) in [5.41, 5.74) is 1.32. The molecule has 2 aromatic rings. The molecule has 0 aliphatic heterocycles. The van der Waals surface area contributed by atoms with Crippen molar-refractivity contribution in [1.82, 2.24) is 19.9 Å². The minimum atomic E-state index is -0.179. The van der Waals surface area contributed by atoms with Crippen LogP contribution in [0.4, 0.5) is 5.69 Å². The lowest BCUT2D eigenvalue weighted by Gasteiger charge is -2.07. The third kappa shape index (κ3) is 3.80. The Labute approximate surface area is 111 Å². The van der Waals surface area contributed by atoms with Crippen LogP contribution in [0.2, 0.25) is 0 Å². The zero-order valence-corrected chi connectivity index (χ0v) is 10.8. The van der Waals surface area contributed by atoms with E-state index in [1.807, 2.05) is 16.8 Å². The van der Waals surface area contributed by atoms with E-state index in [1.165, 1.54) is 0 Å². The molecule has 0 saturated heterocycles. The van der Waals surface area contributed by atoms with Crippen LogP contribution < -0.4 is 10.6 Å². The summed E-state index contributed by atoms with van der Waals surface area (Å²) in [4.78, 5) is 19.4. The van der Waals surface area contributed by atoms with Crippen molar-refractivity contribution in [3.05, 3.63) is 42.7 Å². The molecule has 0 fully saturated rings. The first-order chi connectivity index (χ1) is 9.29. The fourth-order valence-corrected chi connectivity index (χ4v) is 1.71. The van der Waals surface area contributed by atoms with Gasteiger partial charge < -0.3 is 15.2 Å². The van der Waals surface area contributed by atoms with Crippen molar-refractivity contribution >= 4 is 11.6 Å². The zero-order chi connectivity index (χ0) is 13.5. The maximum Gasteiger partial charge on any atom is 0.269 e. The highest BCUT2D eigenvalue weighted by Gasteiger charge is 2.04. The minimum Gasteiger partial charge on any atom is -0.385 e. The monoisotopic (exact) mass is 259 g/mol. The Morgan fingerprint density at radius 1 is 1.42 bits per heavy atom. The molecule has 6 nitrogen and oxygen atoms in total. The van der Waals surface area contributed by atoms with Gasteiger partial charge in [0.15, 0.2) is 0 Å². The van der Waals surface area contributed by atoms with Crippen molar-refractivity contribution in [2.75, 3.05) is 18.9 Å². The Kier molecular flexibility index (Phi) is 4.49. The lowest BCUT2D eigenvalue weighted by Crippen LogP contribution is -2.19. The van der Waals surface area contributed by atoms with Gasteiger partial charge in [-0.1, -0.05) is 0 Å². The second-order valence-electron chi connectivity index (χ2n) is 4.09. The van der Waals surface area contributed by atoms with Crippen molar-refractivity contribution in [3.8, 4) is 0 Å². The van der Waals surface area contributed by atoms with Gasteiger partial charge in [-0.3, -0.25) is 9.78 Å². The van der Waals surface area contributed by atoms with E-state index >= 15 is 0 Å². The summed E-state index contributed by atoms with van der Waals surface area (Å²) in [5.74, 6) is -0.179. The van der Waals surface area contributed by atoms with Gasteiger partial charge in [0.1, 0.15) is 5.69 Å². The molecule has 2 rings (SSSR count). The first kappa shape index (κ1) is 13.1. The lowest BCUT2D eigenvalue weighted by atomic mass is 10.3. The molecular weight excluding hydrogens is 242 g/mol. The highest BCUT2D eigenvalue weighted by Crippen LogP contribution is 2.08. The summed E-state index contributed by atoms with van der Waals surface area (Å²) < 4.78 is 2.03. The summed E-state index contributed by atoms with van der Waals surface area (Å²) in [6.07, 6.45) is 8.12. The average Bonchev–Trinajstić information content (AvgIpc) is 2.96. The lowest BCUT2D eigenvalue weighted by molar-refractivity contribution is 0.0958. The van der Waals surface area contributed by atoms with Crippen LogP contribution in [-0.2, 0) is 6.54 Å². The number of amides is 1. The number of carbonyl (C=O) groups is 1. The van der Waals surface area contributed by atoms with Crippen molar-refractivity contribution in [3.63, 3.8) is 0 Å². The number of imidazole rings is 1. The minimum absolute atomic E-state index is 0.179. The fraction of sp³-hybridized carbons (Fsp3) is 0.308. The summed E-state index contributed by atoms with van der Waals surface area (Å²) >= 11 is 0. The van der Waals surface area contributed by atoms with Crippen LogP contribution in [0.15, 0.2) is 37.1 Å². The molecule has 2 aromatic heterocycles. The van der Waals surface area contributed by atoms with Crippen LogP contribution in [0, 0.1) is 0 Å². The number of aryl methyl sites for hydroxylation is 1. The van der Waals surface area contributed by atoms with Crippen molar-refractivity contribution < 1.29 is 4.79 Å². The molecule has 0 radical (unpaired) electrons. The predicted molar refractivity (Wildman–Crippen MR) is 73.0 cm³/mol. The maximum absolute atomic E-state index is 11.4. The third-order valence-corrected chi connectivity index (χ3v) is 2.70. The molecule has 6 heteroatoms. The Morgan fingerprint density at radius 2 is 2.32 bits per heavy atom. The Hall–Kier alpha value is -2.37. The van der Waals surface area contributed by atoms with Gasteiger partial charge in [0, 0.05) is 44.4 Å². The van der Waals surface area contributed by atoms with Crippen LogP contribution in [0.25, 0.3) is 0 Å². The van der Waals surface area contributed by atoms with E-state index in [1.54, 1.807) is 31.8 Å². The Bertz CT molecular complexity index is 524. The molecule has 0 unspecified atom stereocenters. The summed E-state index contributed by atoms with van der Waals surface area (Å²) in [7, 11) is 1.59. The molecule has 0 aliphatic carbocycles. The van der Waals surface area contributed by atoms with Gasteiger partial charge >= 0.3 is 0 Å². The van der Waals surface area contributed by atoms with E-state index in [-0.39, 0.29) is 5.91 Å². The SMILES string of the molecule is CNC(=O)c1cc(NCCCn2ccnc2)ccn1. The quantitative estimate of drug-likeness (QED) is 0.763. The van der Waals surface area contributed by atoms with E-state index < -0.39 is 0 Å². The van der Waals surface area contributed by atoms with Gasteiger partial charge in [0.2, 0.25) is 0 Å². The van der Waals surface area contributed by atoms with Gasteiger partial charge in [0.25, 0.3) is 5.91 Å². The van der Waals surface area contributed by atoms with E-state index in [2.05, 4.69) is 20.6 Å². The molecule has 2 N–H and O–H groups in total. The number of carbonyl (C=O) groups excluding carboxylic acids is 1. The standard InChI is InChI=1S/C13H17N5O/c1-14-13(19)12-9-11(3-5-17-12)16-4-2-7-18-8-6-15-10-18/h3,5-6,8-10H,2,4,7H2,1H3,(H,14,19)(H,16,17). The van der Waals surface area contributed by atoms with Crippen LogP contribution in [0.5, 0.6) is 0 Å². The number of anilines is 1. The molecule has 0 aliphatic rings. The van der Waals surface area contributed by atoms with Crippen LogP contribution >= 0.6 is 0 Å². The molecule has 0 spiro atoms. The van der Waals surface area contributed by atoms with E-state index in [4.69, 9.17) is 0 Å². The second-order valence-corrected chi connectivity index (χ2v) is 4.09. The molecule has 19 heavy (non-hydrogen) atoms. The van der Waals surface area contributed by atoms with E-state index in [9.17, 15) is 4.79 Å². The van der Waals surface area contributed by atoms with Gasteiger partial charge in [-0.25, -0.2) is 4.98 Å². The highest BCUT2D eigenvalue weighted by atomic mass is 16.1. The summed E-state index contributed by atoms with van der Waals surface area (Å²) in [6.45, 7) is 1.75. The number of nitrogens with one attached hydrogen (secondary N) is 2. The average molecular weight is 259 g/mol. The maximum atomic E-state index is 11.4. The third-order valence-electron chi connectivity index (χ3n) is 2.70. The number of hydrogen-bond acceptors (Lipinski definition) is 4. The smallest absolute Gasteiger partial charge is 0.269 e. The van der Waals surface area contributed by atoms with Crippen LogP contribution in [-0.4, -0.2) is 34.0 Å². The second kappa shape index (κ2) is 6.53. The van der Waals surface area contributed by atoms with Crippen LogP contribution in [0.1, 0.15) is 16.9 Å². The zero-order valence-electron chi connectivity index (χ0n) is 10.8. The molecular formula is C13H17N5O. The summed E-state index contributed by atoms with van der Waals surface area (Å²) in [6, 6.07) is 3.60. The number of nitrogens with zero attached hydrogens (tertiary/aromatic N) is 3. The topological polar surface area (TPSA) is 71.8 Å². The van der Waals surface area contributed by atoms with Crippen molar-refractivity contribution in [2.45, 2.75) is 13.0 Å². The molecule has 100 valence electrons. The first-order valence-corrected chi connectivity index (χ1v) is 6.17. The van der Waals surface area contributed by atoms with Gasteiger partial charge in [-0.15, -0.1) is 0 Å². The number of rotatable bonds is 6. The highest BCUT2D eigenvalue weighted by molar-refractivity contribution is 5.92. The van der Waals surface area contributed by atoms with Crippen LogP contribution in [0.3, 0.4) is 0 Å². The van der Waals surface area contributed by atoms with Crippen molar-refractivity contribution in [1.29, 1.82) is 0 Å². The molecule has 0 bridgehead atoms. The normalized spacial score (nSPS) is 10.2. The van der Waals surface area contributed by atoms with Gasteiger partial charge in [-0.05, 0) is 18.6 Å². The largest absolute Gasteiger partial charge is 0.385 e. The fourth-order valence-electron chi connectivity index (χ4n) is 1.71. The molecule has 1 amide bonds. The van der Waals surface area contributed by atoms with E-state index in [0.717, 1.165) is 25.2 Å². The molecule has 0 atom stereocenters. The number of pyridine rings is 1. The predicted octanol–water partition coefficient (Wildman–Crippen LogP) is 1.14. The first-order valence-electron chi connectivity index (χ1n) is 6.17. The summed E-state index contributed by atoms with van der Waals surface area (Å²) in [5, 5.41) is 5.83. The Morgan fingerprint density at radius 3 is 3.05 bits per heavy atom. The Balaban J connectivity index is 1.81. The molecule has 0 aromatic carbocycles. The van der Waals surface area contributed by atoms with Gasteiger partial charge in [-0.2, -0.15) is 0 Å². The molecule has 0 saturated carbocycles. The number of hydrogen-bond donors (Lipinski definition) is 2. The van der Waals surface area contributed by atoms with Crippen molar-refractivity contribution in [2.24, 2.45) is 0 Å². The van der Waals surface area contributed by atoms with Gasteiger partial charge in [0.05, 0.1) is 6.33 Å². The number of aromatic nitrogens is 3. The molecule has 2 heterocycles. The van der Waals surface area contributed by atoms with E-state index in [0.29, 0.717) is 5.69 Å².